The summed E-state index contributed by atoms with van der Waals surface area (Å²) in [6, 6.07) is 18.7. The van der Waals surface area contributed by atoms with Gasteiger partial charge in [0.1, 0.15) is 0 Å². The molecule has 0 saturated carbocycles. The van der Waals surface area contributed by atoms with Crippen LogP contribution in [-0.4, -0.2) is 47.1 Å². The molecule has 0 unspecified atom stereocenters. The second-order valence-corrected chi connectivity index (χ2v) is 9.30. The van der Waals surface area contributed by atoms with Gasteiger partial charge in [-0.25, -0.2) is 0 Å². The quantitative estimate of drug-likeness (QED) is 0.606. The molecule has 1 amide bonds. The second kappa shape index (κ2) is 9.73. The Balaban J connectivity index is 1.55. The van der Waals surface area contributed by atoms with Gasteiger partial charge in [-0.15, -0.1) is 11.3 Å². The van der Waals surface area contributed by atoms with Gasteiger partial charge in [-0.2, -0.15) is 0 Å². The summed E-state index contributed by atoms with van der Waals surface area (Å²) in [4.78, 5) is 21.3. The zero-order valence-electron chi connectivity index (χ0n) is 18.1. The van der Waals surface area contributed by atoms with Crippen LogP contribution in [0.15, 0.2) is 66.2 Å². The van der Waals surface area contributed by atoms with Crippen molar-refractivity contribution in [3.05, 3.63) is 77.4 Å². The number of carbonyl (C=O) groups is 1. The van der Waals surface area contributed by atoms with Gasteiger partial charge in [-0.05, 0) is 48.6 Å². The molecule has 4 rings (SSSR count). The number of amides is 1. The number of rotatable bonds is 7. The van der Waals surface area contributed by atoms with Crippen molar-refractivity contribution >= 4 is 17.2 Å². The number of ether oxygens (including phenoxy) is 1. The number of morpholine rings is 1. The molecule has 0 bridgehead atoms. The lowest BCUT2D eigenvalue weighted by Gasteiger charge is -2.42. The number of aromatic nitrogens is 1. The summed E-state index contributed by atoms with van der Waals surface area (Å²) in [6.45, 7) is 6.51. The molecule has 1 aliphatic rings. The predicted octanol–water partition coefficient (Wildman–Crippen LogP) is 4.15. The highest BCUT2D eigenvalue weighted by molar-refractivity contribution is 7.13. The fourth-order valence-corrected chi connectivity index (χ4v) is 4.72. The molecule has 5 nitrogen and oxygen atoms in total. The number of thiophene rings is 1. The van der Waals surface area contributed by atoms with Crippen LogP contribution in [0, 0.1) is 0 Å². The number of nitrogens with zero attached hydrogens (tertiary/aromatic N) is 2. The van der Waals surface area contributed by atoms with E-state index >= 15 is 0 Å². The Labute approximate surface area is 188 Å². The van der Waals surface area contributed by atoms with Gasteiger partial charge in [0.2, 0.25) is 0 Å². The van der Waals surface area contributed by atoms with Crippen LogP contribution < -0.4 is 5.32 Å². The van der Waals surface area contributed by atoms with Crippen LogP contribution in [0.25, 0.3) is 10.4 Å². The molecular weight excluding hydrogens is 406 g/mol. The van der Waals surface area contributed by atoms with Crippen LogP contribution in [0.4, 0.5) is 0 Å². The fraction of sp³-hybridized carbons (Fsp3) is 0.360. The van der Waals surface area contributed by atoms with E-state index < -0.39 is 5.60 Å². The topological polar surface area (TPSA) is 54.5 Å². The molecule has 6 heteroatoms. The fourth-order valence-electron chi connectivity index (χ4n) is 3.99. The van der Waals surface area contributed by atoms with E-state index in [2.05, 4.69) is 57.0 Å². The lowest BCUT2D eigenvalue weighted by atomic mass is 9.90. The molecule has 1 aromatic carbocycles. The lowest BCUT2D eigenvalue weighted by Crippen LogP contribution is -2.61. The van der Waals surface area contributed by atoms with E-state index in [-0.39, 0.29) is 11.9 Å². The first-order valence-corrected chi connectivity index (χ1v) is 11.6. The van der Waals surface area contributed by atoms with Gasteiger partial charge in [0.25, 0.3) is 5.91 Å². The van der Waals surface area contributed by atoms with Crippen LogP contribution in [0.1, 0.15) is 25.1 Å². The molecule has 1 aliphatic heterocycles. The highest BCUT2D eigenvalue weighted by Crippen LogP contribution is 2.28. The Morgan fingerprint density at radius 2 is 2.03 bits per heavy atom. The average molecular weight is 436 g/mol. The number of benzene rings is 1. The third-order valence-corrected chi connectivity index (χ3v) is 6.38. The van der Waals surface area contributed by atoms with E-state index in [1.165, 1.54) is 10.4 Å². The van der Waals surface area contributed by atoms with Crippen LogP contribution in [-0.2, 0) is 22.5 Å². The number of hydrogen-bond donors (Lipinski definition) is 1. The minimum Gasteiger partial charge on any atom is -0.362 e. The van der Waals surface area contributed by atoms with Crippen molar-refractivity contribution in [1.29, 1.82) is 0 Å². The lowest BCUT2D eigenvalue weighted by molar-refractivity contribution is -0.161. The zero-order chi connectivity index (χ0) is 21.7. The highest BCUT2D eigenvalue weighted by Gasteiger charge is 2.44. The van der Waals surface area contributed by atoms with Crippen molar-refractivity contribution < 1.29 is 9.53 Å². The maximum Gasteiger partial charge on any atom is 0.254 e. The second-order valence-electron chi connectivity index (χ2n) is 8.35. The van der Waals surface area contributed by atoms with Crippen LogP contribution in [0.5, 0.6) is 0 Å². The summed E-state index contributed by atoms with van der Waals surface area (Å²) in [5.74, 6) is -0.0458. The SMILES string of the molecule is CC(C)NC(=O)[C@]1(Cc2ccc(-c3cccs3)cc2)CN(Cc2ccccn2)CCO1. The van der Waals surface area contributed by atoms with Gasteiger partial charge in [0.15, 0.2) is 5.60 Å². The van der Waals surface area contributed by atoms with Crippen LogP contribution in [0.3, 0.4) is 0 Å². The van der Waals surface area contributed by atoms with E-state index in [1.807, 2.05) is 38.2 Å². The van der Waals surface area contributed by atoms with Gasteiger partial charge in [-0.1, -0.05) is 36.4 Å². The van der Waals surface area contributed by atoms with E-state index in [9.17, 15) is 4.79 Å². The Hall–Kier alpha value is -2.54. The minimum atomic E-state index is -0.915. The normalized spacial score (nSPS) is 19.5. The largest absolute Gasteiger partial charge is 0.362 e. The summed E-state index contributed by atoms with van der Waals surface area (Å²) in [7, 11) is 0. The van der Waals surface area contributed by atoms with Crippen molar-refractivity contribution in [2.24, 2.45) is 0 Å². The van der Waals surface area contributed by atoms with E-state index in [0.29, 0.717) is 26.1 Å². The maximum absolute atomic E-state index is 13.3. The first kappa shape index (κ1) is 21.7. The molecule has 162 valence electrons. The van der Waals surface area contributed by atoms with Crippen LogP contribution >= 0.6 is 11.3 Å². The molecule has 0 radical (unpaired) electrons. The van der Waals surface area contributed by atoms with E-state index in [0.717, 1.165) is 17.8 Å². The highest BCUT2D eigenvalue weighted by atomic mass is 32.1. The first-order valence-electron chi connectivity index (χ1n) is 10.7. The summed E-state index contributed by atoms with van der Waals surface area (Å²) in [5, 5.41) is 5.17. The first-order chi connectivity index (χ1) is 15.0. The molecule has 1 fully saturated rings. The molecule has 1 N–H and O–H groups in total. The molecular formula is C25H29N3O2S. The number of pyridine rings is 1. The van der Waals surface area contributed by atoms with Crippen molar-refractivity contribution in [3.63, 3.8) is 0 Å². The Kier molecular flexibility index (Phi) is 6.80. The standard InChI is InChI=1S/C25H29N3O2S/c1-19(2)27-24(29)25(16-20-8-10-21(11-9-20)23-7-5-15-31-23)18-28(13-14-30-25)17-22-6-3-4-12-26-22/h3-12,15,19H,13-14,16-18H2,1-2H3,(H,27,29)/t25-/m0/s1. The summed E-state index contributed by atoms with van der Waals surface area (Å²) >= 11 is 1.73. The third-order valence-electron chi connectivity index (χ3n) is 5.46. The van der Waals surface area contributed by atoms with Crippen molar-refractivity contribution in [3.8, 4) is 10.4 Å². The maximum atomic E-state index is 13.3. The van der Waals surface area contributed by atoms with Crippen molar-refractivity contribution in [2.75, 3.05) is 19.7 Å². The molecule has 1 atom stereocenters. The van der Waals surface area contributed by atoms with E-state index in [4.69, 9.17) is 4.74 Å². The number of carbonyl (C=O) groups excluding carboxylic acids is 1. The third kappa shape index (κ3) is 5.39. The zero-order valence-corrected chi connectivity index (χ0v) is 18.9. The van der Waals surface area contributed by atoms with E-state index in [1.54, 1.807) is 11.3 Å². The molecule has 2 aromatic heterocycles. The smallest absolute Gasteiger partial charge is 0.254 e. The molecule has 0 aliphatic carbocycles. The summed E-state index contributed by atoms with van der Waals surface area (Å²) in [6.07, 6.45) is 2.35. The van der Waals surface area contributed by atoms with Gasteiger partial charge in [0, 0.05) is 43.2 Å². The van der Waals surface area contributed by atoms with Crippen LogP contribution in [0.2, 0.25) is 0 Å². The van der Waals surface area contributed by atoms with Gasteiger partial charge in [0.05, 0.1) is 12.3 Å². The molecule has 0 spiro atoms. The average Bonchev–Trinajstić information content (AvgIpc) is 3.30. The van der Waals surface area contributed by atoms with Gasteiger partial charge < -0.3 is 10.1 Å². The van der Waals surface area contributed by atoms with Crippen molar-refractivity contribution in [2.45, 2.75) is 38.5 Å². The summed E-state index contributed by atoms with van der Waals surface area (Å²) < 4.78 is 6.23. The summed E-state index contributed by atoms with van der Waals surface area (Å²) in [5.41, 5.74) is 2.38. The molecule has 1 saturated heterocycles. The number of hydrogen-bond acceptors (Lipinski definition) is 5. The Morgan fingerprint density at radius 1 is 1.19 bits per heavy atom. The van der Waals surface area contributed by atoms with Gasteiger partial charge >= 0.3 is 0 Å². The molecule has 31 heavy (non-hydrogen) atoms. The molecule has 3 heterocycles. The van der Waals surface area contributed by atoms with Gasteiger partial charge in [-0.3, -0.25) is 14.7 Å². The number of nitrogens with one attached hydrogen (secondary N) is 1. The Morgan fingerprint density at radius 3 is 2.71 bits per heavy atom. The molecule has 3 aromatic rings. The predicted molar refractivity (Wildman–Crippen MR) is 125 cm³/mol. The Bertz CT molecular complexity index is 974. The van der Waals surface area contributed by atoms with Crippen molar-refractivity contribution in [1.82, 2.24) is 15.2 Å². The monoisotopic (exact) mass is 435 g/mol. The minimum absolute atomic E-state index is 0.0458.